The van der Waals surface area contributed by atoms with Crippen LogP contribution < -0.4 is 5.32 Å². The number of nitrogens with zero attached hydrogens (tertiary/aromatic N) is 1. The third-order valence-electron chi connectivity index (χ3n) is 3.53. The predicted molar refractivity (Wildman–Crippen MR) is 76.2 cm³/mol. The second-order valence-electron chi connectivity index (χ2n) is 5.35. The van der Waals surface area contributed by atoms with Crippen molar-refractivity contribution in [3.63, 3.8) is 0 Å². The van der Waals surface area contributed by atoms with Crippen molar-refractivity contribution in [2.45, 2.75) is 32.9 Å². The number of aromatic nitrogens is 1. The number of pyridine rings is 1. The standard InChI is InChI=1S/C14H16ClF3N2O2/c1-7-5-9-10(6-7)19-12(14(16,17)18)8(2)11(9)20-13(21)22-4-3-15/h7H,3-6H2,1-2H3,(H,19,20,21). The van der Waals surface area contributed by atoms with Gasteiger partial charge in [-0.2, -0.15) is 13.2 Å². The molecule has 1 heterocycles. The number of hydrogen-bond donors (Lipinski definition) is 1. The SMILES string of the molecule is Cc1c(C(F)(F)F)nc2c(c1NC(=O)OCCCl)CC(C)C2. The number of rotatable bonds is 3. The Morgan fingerprint density at radius 2 is 2.14 bits per heavy atom. The predicted octanol–water partition coefficient (Wildman–Crippen LogP) is 3.93. The van der Waals surface area contributed by atoms with E-state index in [2.05, 4.69) is 10.3 Å². The highest BCUT2D eigenvalue weighted by atomic mass is 35.5. The van der Waals surface area contributed by atoms with Gasteiger partial charge in [-0.3, -0.25) is 5.32 Å². The van der Waals surface area contributed by atoms with Crippen LogP contribution in [0.2, 0.25) is 0 Å². The molecule has 1 aliphatic rings. The molecule has 1 amide bonds. The summed E-state index contributed by atoms with van der Waals surface area (Å²) in [7, 11) is 0. The minimum atomic E-state index is -4.57. The lowest BCUT2D eigenvalue weighted by atomic mass is 10.0. The molecule has 0 aromatic carbocycles. The molecule has 0 spiro atoms. The second-order valence-corrected chi connectivity index (χ2v) is 5.72. The van der Waals surface area contributed by atoms with Crippen LogP contribution in [0, 0.1) is 12.8 Å². The average molecular weight is 337 g/mol. The van der Waals surface area contributed by atoms with E-state index in [9.17, 15) is 18.0 Å². The van der Waals surface area contributed by atoms with Crippen LogP contribution in [0.4, 0.5) is 23.7 Å². The first-order valence-electron chi connectivity index (χ1n) is 6.83. The van der Waals surface area contributed by atoms with Gasteiger partial charge in [-0.25, -0.2) is 9.78 Å². The molecule has 2 rings (SSSR count). The fourth-order valence-corrected chi connectivity index (χ4v) is 2.71. The number of carbonyl (C=O) groups excluding carboxylic acids is 1. The lowest BCUT2D eigenvalue weighted by Crippen LogP contribution is -2.20. The van der Waals surface area contributed by atoms with Crippen molar-refractivity contribution in [1.82, 2.24) is 4.98 Å². The van der Waals surface area contributed by atoms with E-state index in [0.29, 0.717) is 24.1 Å². The Balaban J connectivity index is 2.43. The third-order valence-corrected chi connectivity index (χ3v) is 3.68. The number of nitrogens with one attached hydrogen (secondary N) is 1. The zero-order valence-corrected chi connectivity index (χ0v) is 12.9. The molecule has 1 aromatic heterocycles. The molecular weight excluding hydrogens is 321 g/mol. The van der Waals surface area contributed by atoms with E-state index in [1.54, 1.807) is 0 Å². The molecule has 1 atom stereocenters. The van der Waals surface area contributed by atoms with Crippen molar-refractivity contribution >= 4 is 23.4 Å². The van der Waals surface area contributed by atoms with Gasteiger partial charge in [-0.05, 0) is 31.2 Å². The Kier molecular flexibility index (Phi) is 4.84. The molecule has 1 aromatic rings. The van der Waals surface area contributed by atoms with Gasteiger partial charge in [-0.1, -0.05) is 6.92 Å². The van der Waals surface area contributed by atoms with E-state index in [-0.39, 0.29) is 29.7 Å². The summed E-state index contributed by atoms with van der Waals surface area (Å²) in [6.07, 6.45) is -4.34. The normalized spacial score (nSPS) is 17.3. The molecule has 8 heteroatoms. The summed E-state index contributed by atoms with van der Waals surface area (Å²) in [5.74, 6) is 0.302. The number of carbonyl (C=O) groups is 1. The van der Waals surface area contributed by atoms with E-state index in [4.69, 9.17) is 16.3 Å². The van der Waals surface area contributed by atoms with Gasteiger partial charge in [0.1, 0.15) is 12.3 Å². The Bertz CT molecular complexity index is 590. The second kappa shape index (κ2) is 6.32. The zero-order chi connectivity index (χ0) is 16.5. The Labute approximate surface area is 131 Å². The molecule has 0 saturated carbocycles. The fraction of sp³-hybridized carbons (Fsp3) is 0.571. The number of alkyl halides is 4. The maximum atomic E-state index is 13.1. The van der Waals surface area contributed by atoms with Crippen LogP contribution in [0.25, 0.3) is 0 Å². The molecule has 1 aliphatic carbocycles. The topological polar surface area (TPSA) is 51.2 Å². The van der Waals surface area contributed by atoms with Crippen molar-refractivity contribution in [2.24, 2.45) is 5.92 Å². The van der Waals surface area contributed by atoms with Crippen LogP contribution in [0.1, 0.15) is 29.4 Å². The van der Waals surface area contributed by atoms with E-state index >= 15 is 0 Å². The van der Waals surface area contributed by atoms with Gasteiger partial charge in [0, 0.05) is 11.3 Å². The first-order valence-corrected chi connectivity index (χ1v) is 7.36. The highest BCUT2D eigenvalue weighted by Crippen LogP contribution is 2.40. The van der Waals surface area contributed by atoms with Crippen LogP contribution in [-0.4, -0.2) is 23.6 Å². The average Bonchev–Trinajstić information content (AvgIpc) is 2.78. The highest BCUT2D eigenvalue weighted by molar-refractivity contribution is 6.18. The van der Waals surface area contributed by atoms with Crippen molar-refractivity contribution in [1.29, 1.82) is 0 Å². The van der Waals surface area contributed by atoms with Gasteiger partial charge >= 0.3 is 12.3 Å². The smallest absolute Gasteiger partial charge is 0.433 e. The van der Waals surface area contributed by atoms with Crippen LogP contribution in [0.15, 0.2) is 0 Å². The molecule has 0 bridgehead atoms. The number of anilines is 1. The summed E-state index contributed by atoms with van der Waals surface area (Å²) in [4.78, 5) is 15.4. The molecule has 1 unspecified atom stereocenters. The minimum absolute atomic E-state index is 0.0117. The van der Waals surface area contributed by atoms with Crippen molar-refractivity contribution in [3.8, 4) is 0 Å². The van der Waals surface area contributed by atoms with Crippen molar-refractivity contribution < 1.29 is 22.7 Å². The van der Waals surface area contributed by atoms with Gasteiger partial charge in [0.15, 0.2) is 0 Å². The maximum Gasteiger partial charge on any atom is 0.433 e. The van der Waals surface area contributed by atoms with Crippen LogP contribution >= 0.6 is 11.6 Å². The van der Waals surface area contributed by atoms with Gasteiger partial charge in [-0.15, -0.1) is 11.6 Å². The van der Waals surface area contributed by atoms with Gasteiger partial charge < -0.3 is 4.74 Å². The first kappa shape index (κ1) is 16.9. The summed E-state index contributed by atoms with van der Waals surface area (Å²) in [5, 5.41) is 2.42. The molecule has 0 fully saturated rings. The summed E-state index contributed by atoms with van der Waals surface area (Å²) < 4.78 is 44.1. The summed E-state index contributed by atoms with van der Waals surface area (Å²) >= 11 is 5.41. The first-order chi connectivity index (χ1) is 10.2. The van der Waals surface area contributed by atoms with E-state index < -0.39 is 18.0 Å². The summed E-state index contributed by atoms with van der Waals surface area (Å²) in [5.41, 5.74) is 0.135. The molecule has 122 valence electrons. The molecular formula is C14H16ClF3N2O2. The van der Waals surface area contributed by atoms with Crippen LogP contribution in [0.3, 0.4) is 0 Å². The summed E-state index contributed by atoms with van der Waals surface area (Å²) in [6.45, 7) is 3.22. The largest absolute Gasteiger partial charge is 0.448 e. The lowest BCUT2D eigenvalue weighted by molar-refractivity contribution is -0.141. The number of amides is 1. The Morgan fingerprint density at radius 1 is 1.45 bits per heavy atom. The molecule has 0 saturated heterocycles. The van der Waals surface area contributed by atoms with E-state index in [1.807, 2.05) is 6.92 Å². The number of ether oxygens (including phenoxy) is 1. The summed E-state index contributed by atoms with van der Waals surface area (Å²) in [6, 6.07) is 0. The highest BCUT2D eigenvalue weighted by Gasteiger charge is 2.38. The zero-order valence-electron chi connectivity index (χ0n) is 12.2. The molecule has 1 N–H and O–H groups in total. The maximum absolute atomic E-state index is 13.1. The molecule has 0 radical (unpaired) electrons. The fourth-order valence-electron chi connectivity index (χ4n) is 2.63. The quantitative estimate of drug-likeness (QED) is 0.851. The minimum Gasteiger partial charge on any atom is -0.448 e. The van der Waals surface area contributed by atoms with Crippen molar-refractivity contribution in [3.05, 3.63) is 22.5 Å². The van der Waals surface area contributed by atoms with E-state index in [0.717, 1.165) is 0 Å². The number of hydrogen-bond acceptors (Lipinski definition) is 3. The van der Waals surface area contributed by atoms with Crippen LogP contribution in [-0.2, 0) is 23.8 Å². The lowest BCUT2D eigenvalue weighted by Gasteiger charge is -2.18. The number of halogens is 4. The van der Waals surface area contributed by atoms with Crippen molar-refractivity contribution in [2.75, 3.05) is 17.8 Å². The third kappa shape index (κ3) is 3.45. The van der Waals surface area contributed by atoms with E-state index in [1.165, 1.54) is 6.92 Å². The van der Waals surface area contributed by atoms with Gasteiger partial charge in [0.05, 0.1) is 11.6 Å². The van der Waals surface area contributed by atoms with Gasteiger partial charge in [0.2, 0.25) is 0 Å². The van der Waals surface area contributed by atoms with Crippen LogP contribution in [0.5, 0.6) is 0 Å². The molecule has 4 nitrogen and oxygen atoms in total. The molecule has 22 heavy (non-hydrogen) atoms. The number of fused-ring (bicyclic) bond motifs is 1. The molecule has 0 aliphatic heterocycles. The Morgan fingerprint density at radius 3 is 2.73 bits per heavy atom. The Hall–Kier alpha value is -1.50. The van der Waals surface area contributed by atoms with Gasteiger partial charge in [0.25, 0.3) is 0 Å². The monoisotopic (exact) mass is 336 g/mol.